The lowest BCUT2D eigenvalue weighted by Crippen LogP contribution is -2.13. The maximum atomic E-state index is 4.59. The maximum Gasteiger partial charge on any atom is 0.0831 e. The summed E-state index contributed by atoms with van der Waals surface area (Å²) in [4.78, 5) is 0. The molecule has 0 aliphatic heterocycles. The number of rotatable bonds is 6. The lowest BCUT2D eigenvalue weighted by atomic mass is 10.2. The number of nitrogens with zero attached hydrogens (tertiary/aromatic N) is 3. The second-order valence-electron chi connectivity index (χ2n) is 4.18. The molecule has 0 aliphatic rings. The van der Waals surface area contributed by atoms with E-state index in [4.69, 9.17) is 0 Å². The molecule has 2 aromatic rings. The summed E-state index contributed by atoms with van der Waals surface area (Å²) >= 11 is 0. The highest BCUT2D eigenvalue weighted by Gasteiger charge is 2.07. The first-order valence-corrected chi connectivity index (χ1v) is 6.24. The van der Waals surface area contributed by atoms with E-state index in [0.717, 1.165) is 25.1 Å². The summed E-state index contributed by atoms with van der Waals surface area (Å²) in [6.07, 6.45) is 8.30. The van der Waals surface area contributed by atoms with Crippen LogP contribution in [0.4, 0.5) is 0 Å². The van der Waals surface area contributed by atoms with Crippen LogP contribution in [-0.2, 0) is 6.54 Å². The second kappa shape index (κ2) is 5.57. The summed E-state index contributed by atoms with van der Waals surface area (Å²) in [6, 6.07) is 6.59. The molecule has 0 saturated carbocycles. The molecule has 92 valence electrons. The normalized spacial score (nSPS) is 11.0. The molecule has 0 bridgehead atoms. The quantitative estimate of drug-likeness (QED) is 0.831. The van der Waals surface area contributed by atoms with E-state index in [9.17, 15) is 0 Å². The van der Waals surface area contributed by atoms with Gasteiger partial charge in [0.25, 0.3) is 0 Å². The Bertz CT molecular complexity index is 426. The fourth-order valence-corrected chi connectivity index (χ4v) is 1.95. The van der Waals surface area contributed by atoms with Gasteiger partial charge in [-0.2, -0.15) is 5.10 Å². The van der Waals surface area contributed by atoms with Crippen LogP contribution < -0.4 is 5.43 Å². The molecule has 0 saturated heterocycles. The minimum absolute atomic E-state index is 0.523. The van der Waals surface area contributed by atoms with Crippen LogP contribution in [-0.4, -0.2) is 14.5 Å². The van der Waals surface area contributed by atoms with Gasteiger partial charge in [0.1, 0.15) is 0 Å². The van der Waals surface area contributed by atoms with Gasteiger partial charge in [-0.3, -0.25) is 9.36 Å². The van der Waals surface area contributed by atoms with Crippen LogP contribution in [0.5, 0.6) is 0 Å². The molecule has 0 aliphatic carbocycles. The van der Waals surface area contributed by atoms with E-state index < -0.39 is 0 Å². The Kier molecular flexibility index (Phi) is 3.85. The fraction of sp³-hybridized carbons (Fsp3) is 0.462. The molecule has 4 nitrogen and oxygen atoms in total. The van der Waals surface area contributed by atoms with Gasteiger partial charge in [0.15, 0.2) is 0 Å². The van der Waals surface area contributed by atoms with Gasteiger partial charge in [-0.15, -0.1) is 0 Å². The zero-order chi connectivity index (χ0) is 12.1. The monoisotopic (exact) mass is 232 g/mol. The first-order chi connectivity index (χ1) is 8.33. The van der Waals surface area contributed by atoms with Gasteiger partial charge in [-0.05, 0) is 31.0 Å². The molecule has 0 spiro atoms. The molecule has 0 fully saturated rings. The third-order valence-electron chi connectivity index (χ3n) is 3.03. The van der Waals surface area contributed by atoms with Crippen molar-refractivity contribution in [3.8, 4) is 0 Å². The SMILES string of the molecule is CCC(CC)n1ccc(CNn2cccc2)n1. The standard InChI is InChI=1S/C13H20N4/c1-3-13(4-2)17-10-7-12(15-17)11-14-16-8-5-6-9-16/h5-10,13-14H,3-4,11H2,1-2H3. The molecular formula is C13H20N4. The van der Waals surface area contributed by atoms with E-state index in [-0.39, 0.29) is 0 Å². The van der Waals surface area contributed by atoms with E-state index >= 15 is 0 Å². The van der Waals surface area contributed by atoms with Crippen molar-refractivity contribution >= 4 is 0 Å². The molecule has 1 N–H and O–H groups in total. The van der Waals surface area contributed by atoms with Crippen LogP contribution in [0.2, 0.25) is 0 Å². The van der Waals surface area contributed by atoms with E-state index in [1.165, 1.54) is 0 Å². The third kappa shape index (κ3) is 2.90. The lowest BCUT2D eigenvalue weighted by Gasteiger charge is -2.12. The average molecular weight is 232 g/mol. The van der Waals surface area contributed by atoms with Crippen LogP contribution in [0.15, 0.2) is 36.8 Å². The Hall–Kier alpha value is -1.71. The van der Waals surface area contributed by atoms with Crippen LogP contribution in [0.3, 0.4) is 0 Å². The molecule has 2 aromatic heterocycles. The molecule has 2 heterocycles. The zero-order valence-corrected chi connectivity index (χ0v) is 10.5. The van der Waals surface area contributed by atoms with Gasteiger partial charge >= 0.3 is 0 Å². The lowest BCUT2D eigenvalue weighted by molar-refractivity contribution is 0.425. The molecule has 0 amide bonds. The highest BCUT2D eigenvalue weighted by molar-refractivity contribution is 5.03. The Morgan fingerprint density at radius 1 is 1.18 bits per heavy atom. The smallest absolute Gasteiger partial charge is 0.0831 e. The summed E-state index contributed by atoms with van der Waals surface area (Å²) in [5, 5.41) is 4.59. The first kappa shape index (κ1) is 11.8. The number of hydrogen-bond acceptors (Lipinski definition) is 2. The Balaban J connectivity index is 1.94. The summed E-state index contributed by atoms with van der Waals surface area (Å²) in [6.45, 7) is 5.16. The predicted molar refractivity (Wildman–Crippen MR) is 69.3 cm³/mol. The summed E-state index contributed by atoms with van der Waals surface area (Å²) in [5.74, 6) is 0. The Morgan fingerprint density at radius 2 is 1.88 bits per heavy atom. The van der Waals surface area contributed by atoms with E-state index in [1.54, 1.807) is 0 Å². The molecule has 17 heavy (non-hydrogen) atoms. The molecular weight excluding hydrogens is 212 g/mol. The van der Waals surface area contributed by atoms with Crippen molar-refractivity contribution in [2.45, 2.75) is 39.3 Å². The minimum atomic E-state index is 0.523. The summed E-state index contributed by atoms with van der Waals surface area (Å²) in [5.41, 5.74) is 4.34. The fourth-order valence-electron chi connectivity index (χ4n) is 1.95. The van der Waals surface area contributed by atoms with Gasteiger partial charge in [-0.1, -0.05) is 13.8 Å². The van der Waals surface area contributed by atoms with Crippen molar-refractivity contribution in [1.29, 1.82) is 0 Å². The topological polar surface area (TPSA) is 34.8 Å². The molecule has 2 rings (SSSR count). The van der Waals surface area contributed by atoms with Crippen LogP contribution in [0.1, 0.15) is 38.4 Å². The molecule has 0 unspecified atom stereocenters. The molecule has 0 atom stereocenters. The van der Waals surface area contributed by atoms with Gasteiger partial charge in [0, 0.05) is 18.6 Å². The summed E-state index contributed by atoms with van der Waals surface area (Å²) in [7, 11) is 0. The Morgan fingerprint density at radius 3 is 2.53 bits per heavy atom. The molecule has 4 heteroatoms. The van der Waals surface area contributed by atoms with Crippen LogP contribution in [0, 0.1) is 0 Å². The number of aromatic nitrogens is 3. The first-order valence-electron chi connectivity index (χ1n) is 6.24. The van der Waals surface area contributed by atoms with E-state index in [2.05, 4.69) is 41.3 Å². The summed E-state index contributed by atoms with van der Waals surface area (Å²) < 4.78 is 4.02. The average Bonchev–Trinajstić information content (AvgIpc) is 2.99. The zero-order valence-electron chi connectivity index (χ0n) is 10.5. The van der Waals surface area contributed by atoms with Crippen molar-refractivity contribution in [2.24, 2.45) is 0 Å². The largest absolute Gasteiger partial charge is 0.320 e. The van der Waals surface area contributed by atoms with Crippen LogP contribution in [0.25, 0.3) is 0 Å². The van der Waals surface area contributed by atoms with Crippen molar-refractivity contribution in [1.82, 2.24) is 14.5 Å². The third-order valence-corrected chi connectivity index (χ3v) is 3.03. The molecule has 0 radical (unpaired) electrons. The number of nitrogens with one attached hydrogen (secondary N) is 1. The Labute approximate surface area is 102 Å². The van der Waals surface area contributed by atoms with Crippen molar-refractivity contribution in [3.05, 3.63) is 42.5 Å². The van der Waals surface area contributed by atoms with Crippen molar-refractivity contribution in [3.63, 3.8) is 0 Å². The van der Waals surface area contributed by atoms with Crippen molar-refractivity contribution in [2.75, 3.05) is 5.43 Å². The highest BCUT2D eigenvalue weighted by atomic mass is 15.4. The van der Waals surface area contributed by atoms with Crippen molar-refractivity contribution < 1.29 is 0 Å². The predicted octanol–water partition coefficient (Wildman–Crippen LogP) is 2.79. The number of hydrogen-bond donors (Lipinski definition) is 1. The minimum Gasteiger partial charge on any atom is -0.320 e. The van der Waals surface area contributed by atoms with E-state index in [0.29, 0.717) is 6.04 Å². The van der Waals surface area contributed by atoms with Gasteiger partial charge in [0.05, 0.1) is 18.3 Å². The van der Waals surface area contributed by atoms with Crippen LogP contribution >= 0.6 is 0 Å². The van der Waals surface area contributed by atoms with Gasteiger partial charge in [0.2, 0.25) is 0 Å². The second-order valence-corrected chi connectivity index (χ2v) is 4.18. The van der Waals surface area contributed by atoms with Gasteiger partial charge in [-0.25, -0.2) is 0 Å². The van der Waals surface area contributed by atoms with E-state index in [1.807, 2.05) is 29.2 Å². The molecule has 0 aromatic carbocycles. The maximum absolute atomic E-state index is 4.59. The van der Waals surface area contributed by atoms with Gasteiger partial charge < -0.3 is 5.43 Å². The highest BCUT2D eigenvalue weighted by Crippen LogP contribution is 2.14.